The molecule has 0 bridgehead atoms. The number of Topliss-reactive ketones (excluding diaryl/α,β-unsaturated/α-hetero) is 1. The van der Waals surface area contributed by atoms with Gasteiger partial charge in [0.1, 0.15) is 18.1 Å². The molecule has 0 heterocycles. The molecule has 0 aliphatic rings. The number of nitro groups is 1. The fourth-order valence-corrected chi connectivity index (χ4v) is 2.61. The molecule has 0 unspecified atom stereocenters. The Labute approximate surface area is 162 Å². The molecule has 2 rings (SSSR count). The Bertz CT molecular complexity index is 892. The van der Waals surface area contributed by atoms with Crippen LogP contribution in [0.15, 0.2) is 36.4 Å². The van der Waals surface area contributed by atoms with Gasteiger partial charge in [0.15, 0.2) is 5.78 Å². The monoisotopic (exact) mass is 387 g/mol. The number of nitro benzene ring substituents is 1. The number of ketones is 1. The van der Waals surface area contributed by atoms with Crippen LogP contribution < -0.4 is 9.47 Å². The van der Waals surface area contributed by atoms with Gasteiger partial charge in [-0.1, -0.05) is 11.6 Å². The predicted molar refractivity (Wildman–Crippen MR) is 101 cm³/mol. The van der Waals surface area contributed by atoms with Crippen molar-refractivity contribution in [3.63, 3.8) is 0 Å². The van der Waals surface area contributed by atoms with Crippen LogP contribution in [0.2, 0.25) is 0 Å². The van der Waals surface area contributed by atoms with E-state index in [9.17, 15) is 19.7 Å². The van der Waals surface area contributed by atoms with Gasteiger partial charge in [-0.25, -0.2) is 0 Å². The van der Waals surface area contributed by atoms with E-state index in [2.05, 4.69) is 0 Å². The zero-order valence-electron chi connectivity index (χ0n) is 15.9. The molecule has 0 aliphatic carbocycles. The van der Waals surface area contributed by atoms with Gasteiger partial charge in [0, 0.05) is 24.1 Å². The van der Waals surface area contributed by atoms with Crippen LogP contribution in [0, 0.1) is 17.0 Å². The lowest BCUT2D eigenvalue weighted by Crippen LogP contribution is -2.10. The van der Waals surface area contributed by atoms with Crippen molar-refractivity contribution >= 4 is 17.4 Å². The highest BCUT2D eigenvalue weighted by molar-refractivity contribution is 6.00. The number of carbonyl (C=O) groups excluding carboxylic acids is 2. The lowest BCUT2D eigenvalue weighted by Gasteiger charge is -2.10. The first-order valence-corrected chi connectivity index (χ1v) is 8.50. The fourth-order valence-electron chi connectivity index (χ4n) is 2.61. The molecular weight excluding hydrogens is 366 g/mol. The molecular formula is C20H21NO7. The summed E-state index contributed by atoms with van der Waals surface area (Å²) < 4.78 is 15.5. The normalized spacial score (nSPS) is 10.2. The minimum absolute atomic E-state index is 0.0370. The third-order valence-electron chi connectivity index (χ3n) is 4.08. The van der Waals surface area contributed by atoms with Gasteiger partial charge in [-0.2, -0.15) is 0 Å². The standard InChI is InChI=1S/C20H21NO7/c1-13-4-7-19(27-3)16(10-13)17(22)6-9-20(23)28-12-14-11-15(21(24)25)5-8-18(14)26-2/h4-5,7-8,10-11H,6,9,12H2,1-3H3. The molecule has 0 fully saturated rings. The fraction of sp³-hybridized carbons (Fsp3) is 0.300. The van der Waals surface area contributed by atoms with Crippen molar-refractivity contribution in [2.45, 2.75) is 26.4 Å². The minimum Gasteiger partial charge on any atom is -0.496 e. The zero-order chi connectivity index (χ0) is 20.7. The maximum absolute atomic E-state index is 12.4. The number of hydrogen-bond donors (Lipinski definition) is 0. The Morgan fingerprint density at radius 3 is 2.32 bits per heavy atom. The number of esters is 1. The number of aryl methyl sites for hydroxylation is 1. The molecule has 0 atom stereocenters. The highest BCUT2D eigenvalue weighted by atomic mass is 16.6. The molecule has 8 heteroatoms. The van der Waals surface area contributed by atoms with Crippen LogP contribution >= 0.6 is 0 Å². The molecule has 0 saturated carbocycles. The molecule has 0 radical (unpaired) electrons. The lowest BCUT2D eigenvalue weighted by molar-refractivity contribution is -0.385. The van der Waals surface area contributed by atoms with E-state index in [1.807, 2.05) is 13.0 Å². The summed E-state index contributed by atoms with van der Waals surface area (Å²) in [5.74, 6) is 0.00299. The molecule has 0 aromatic heterocycles. The van der Waals surface area contributed by atoms with E-state index in [-0.39, 0.29) is 30.9 Å². The largest absolute Gasteiger partial charge is 0.496 e. The predicted octanol–water partition coefficient (Wildman–Crippen LogP) is 3.63. The van der Waals surface area contributed by atoms with E-state index in [1.165, 1.54) is 32.4 Å². The van der Waals surface area contributed by atoms with Gasteiger partial charge < -0.3 is 14.2 Å². The number of methoxy groups -OCH3 is 2. The maximum atomic E-state index is 12.4. The summed E-state index contributed by atoms with van der Waals surface area (Å²) in [7, 11) is 2.89. The number of non-ortho nitro benzene ring substituents is 1. The van der Waals surface area contributed by atoms with Crippen molar-refractivity contribution in [3.05, 3.63) is 63.2 Å². The summed E-state index contributed by atoms with van der Waals surface area (Å²) in [6.45, 7) is 1.67. The highest BCUT2D eigenvalue weighted by Crippen LogP contribution is 2.25. The van der Waals surface area contributed by atoms with Crippen molar-refractivity contribution in [2.75, 3.05) is 14.2 Å². The zero-order valence-corrected chi connectivity index (χ0v) is 15.9. The third kappa shape index (κ3) is 5.29. The Hall–Kier alpha value is -3.42. The Morgan fingerprint density at radius 2 is 1.68 bits per heavy atom. The summed E-state index contributed by atoms with van der Waals surface area (Å²) in [5, 5.41) is 10.9. The van der Waals surface area contributed by atoms with Crippen LogP contribution in [0.5, 0.6) is 11.5 Å². The van der Waals surface area contributed by atoms with Crippen LogP contribution in [0.4, 0.5) is 5.69 Å². The van der Waals surface area contributed by atoms with Crippen molar-refractivity contribution < 1.29 is 28.7 Å². The second-order valence-corrected chi connectivity index (χ2v) is 6.04. The number of rotatable bonds is 9. The SMILES string of the molecule is COc1ccc([N+](=O)[O-])cc1COC(=O)CCC(=O)c1cc(C)ccc1OC. The quantitative estimate of drug-likeness (QED) is 0.280. The Kier molecular flexibility index (Phi) is 7.08. The summed E-state index contributed by atoms with van der Waals surface area (Å²) in [6, 6.07) is 9.27. The van der Waals surface area contributed by atoms with E-state index in [0.717, 1.165) is 5.56 Å². The topological polar surface area (TPSA) is 105 Å². The van der Waals surface area contributed by atoms with E-state index in [1.54, 1.807) is 12.1 Å². The smallest absolute Gasteiger partial charge is 0.306 e. The van der Waals surface area contributed by atoms with E-state index >= 15 is 0 Å². The molecule has 0 saturated heterocycles. The van der Waals surface area contributed by atoms with Crippen LogP contribution in [0.3, 0.4) is 0 Å². The first-order valence-electron chi connectivity index (χ1n) is 8.50. The average molecular weight is 387 g/mol. The van der Waals surface area contributed by atoms with Gasteiger partial charge in [0.2, 0.25) is 0 Å². The van der Waals surface area contributed by atoms with E-state index in [4.69, 9.17) is 14.2 Å². The molecule has 0 aliphatic heterocycles. The molecule has 2 aromatic rings. The number of hydrogen-bond acceptors (Lipinski definition) is 7. The average Bonchev–Trinajstić information content (AvgIpc) is 2.69. The molecule has 0 amide bonds. The van der Waals surface area contributed by atoms with Crippen molar-refractivity contribution in [1.82, 2.24) is 0 Å². The van der Waals surface area contributed by atoms with Crippen molar-refractivity contribution in [1.29, 1.82) is 0 Å². The highest BCUT2D eigenvalue weighted by Gasteiger charge is 2.16. The molecule has 148 valence electrons. The molecule has 8 nitrogen and oxygen atoms in total. The van der Waals surface area contributed by atoms with Gasteiger partial charge in [-0.05, 0) is 25.1 Å². The van der Waals surface area contributed by atoms with Gasteiger partial charge in [-0.3, -0.25) is 19.7 Å². The maximum Gasteiger partial charge on any atom is 0.306 e. The van der Waals surface area contributed by atoms with Crippen LogP contribution in [-0.4, -0.2) is 30.9 Å². The summed E-state index contributed by atoms with van der Waals surface area (Å²) in [5.41, 5.74) is 1.56. The number of benzene rings is 2. The number of carbonyl (C=O) groups is 2. The number of nitrogens with zero attached hydrogens (tertiary/aromatic N) is 1. The molecule has 0 N–H and O–H groups in total. The first-order chi connectivity index (χ1) is 13.3. The Balaban J connectivity index is 1.96. The molecule has 0 spiro atoms. The van der Waals surface area contributed by atoms with Gasteiger partial charge in [0.25, 0.3) is 5.69 Å². The van der Waals surface area contributed by atoms with Crippen molar-refractivity contribution in [2.24, 2.45) is 0 Å². The second-order valence-electron chi connectivity index (χ2n) is 6.04. The van der Waals surface area contributed by atoms with Gasteiger partial charge in [0.05, 0.1) is 31.1 Å². The Morgan fingerprint density at radius 1 is 1.00 bits per heavy atom. The van der Waals surface area contributed by atoms with Gasteiger partial charge >= 0.3 is 5.97 Å². The van der Waals surface area contributed by atoms with Crippen LogP contribution in [0.1, 0.15) is 34.3 Å². The number of ether oxygens (including phenoxy) is 3. The third-order valence-corrected chi connectivity index (χ3v) is 4.08. The summed E-state index contributed by atoms with van der Waals surface area (Å²) in [4.78, 5) is 34.7. The summed E-state index contributed by atoms with van der Waals surface area (Å²) in [6.07, 6.45) is -0.155. The molecule has 2 aromatic carbocycles. The summed E-state index contributed by atoms with van der Waals surface area (Å²) >= 11 is 0. The second kappa shape index (κ2) is 9.50. The first kappa shape index (κ1) is 20.9. The van der Waals surface area contributed by atoms with E-state index < -0.39 is 10.9 Å². The minimum atomic E-state index is -0.589. The lowest BCUT2D eigenvalue weighted by atomic mass is 10.0. The van der Waals surface area contributed by atoms with Crippen molar-refractivity contribution in [3.8, 4) is 11.5 Å². The van der Waals surface area contributed by atoms with E-state index in [0.29, 0.717) is 22.6 Å². The van der Waals surface area contributed by atoms with Crippen LogP contribution in [-0.2, 0) is 16.1 Å². The molecule has 28 heavy (non-hydrogen) atoms. The van der Waals surface area contributed by atoms with Crippen LogP contribution in [0.25, 0.3) is 0 Å². The van der Waals surface area contributed by atoms with Gasteiger partial charge in [-0.15, -0.1) is 0 Å².